The minimum absolute atomic E-state index is 0.102. The number of nitrogens with zero attached hydrogens (tertiary/aromatic N) is 2. The Hall–Kier alpha value is -3.39. The lowest BCUT2D eigenvalue weighted by molar-refractivity contribution is 0.254. The first-order valence-corrected chi connectivity index (χ1v) is 9.83. The van der Waals surface area contributed by atoms with Gasteiger partial charge in [0.15, 0.2) is 0 Å². The first kappa shape index (κ1) is 20.9. The van der Waals surface area contributed by atoms with Crippen LogP contribution in [0.5, 0.6) is 5.75 Å². The van der Waals surface area contributed by atoms with Crippen LogP contribution in [0.1, 0.15) is 16.8 Å². The minimum atomic E-state index is -0.746. The summed E-state index contributed by atoms with van der Waals surface area (Å²) in [6, 6.07) is 9.47. The number of rotatable bonds is 4. The van der Waals surface area contributed by atoms with Gasteiger partial charge in [0.05, 0.1) is 0 Å². The highest BCUT2D eigenvalue weighted by Gasteiger charge is 2.24. The molecule has 9 heteroatoms. The van der Waals surface area contributed by atoms with Gasteiger partial charge in [0.25, 0.3) is 5.56 Å². The molecule has 31 heavy (non-hydrogen) atoms. The molecule has 0 radical (unpaired) electrons. The first-order valence-electron chi connectivity index (χ1n) is 9.45. The van der Waals surface area contributed by atoms with Crippen LogP contribution in [-0.4, -0.2) is 17.1 Å². The fourth-order valence-corrected chi connectivity index (χ4v) is 3.85. The largest absolute Gasteiger partial charge is 0.487 e. The number of halogens is 3. The molecule has 0 unspecified atom stereocenters. The number of hydrogen-bond donors (Lipinski definition) is 1. The van der Waals surface area contributed by atoms with Gasteiger partial charge in [-0.2, -0.15) is 0 Å². The summed E-state index contributed by atoms with van der Waals surface area (Å²) in [4.78, 5) is 26.0. The van der Waals surface area contributed by atoms with E-state index >= 15 is 0 Å². The zero-order chi connectivity index (χ0) is 22.3. The monoisotopic (exact) mass is 445 g/mol. The second kappa shape index (κ2) is 8.03. The normalized spacial score (nSPS) is 12.7. The highest BCUT2D eigenvalue weighted by Crippen LogP contribution is 2.31. The summed E-state index contributed by atoms with van der Waals surface area (Å²) in [5.74, 6) is -1.33. The van der Waals surface area contributed by atoms with Crippen LogP contribution in [0, 0.1) is 18.6 Å². The molecule has 1 aliphatic heterocycles. The minimum Gasteiger partial charge on any atom is -0.487 e. The second-order valence-corrected chi connectivity index (χ2v) is 7.56. The molecular weight excluding hydrogens is 428 g/mol. The van der Waals surface area contributed by atoms with Crippen molar-refractivity contribution in [2.24, 2.45) is 5.73 Å². The van der Waals surface area contributed by atoms with Crippen LogP contribution in [0.15, 0.2) is 47.3 Å². The molecule has 6 nitrogen and oxygen atoms in total. The van der Waals surface area contributed by atoms with Crippen LogP contribution in [-0.2, 0) is 13.0 Å². The Bertz CT molecular complexity index is 1260. The van der Waals surface area contributed by atoms with Crippen molar-refractivity contribution in [3.63, 3.8) is 0 Å². The van der Waals surface area contributed by atoms with E-state index < -0.39 is 23.2 Å². The summed E-state index contributed by atoms with van der Waals surface area (Å²) >= 11 is 6.25. The third-order valence-electron chi connectivity index (χ3n) is 5.18. The Morgan fingerprint density at radius 3 is 2.68 bits per heavy atom. The van der Waals surface area contributed by atoms with Crippen molar-refractivity contribution in [2.45, 2.75) is 20.0 Å². The van der Waals surface area contributed by atoms with E-state index in [-0.39, 0.29) is 22.9 Å². The number of pyridine rings is 1. The molecule has 2 amide bonds. The molecule has 0 fully saturated rings. The molecule has 2 aromatic carbocycles. The molecule has 1 aliphatic rings. The average Bonchev–Trinajstić information content (AvgIpc) is 3.14. The maximum absolute atomic E-state index is 13.8. The molecule has 1 aromatic heterocycles. The Labute approximate surface area is 181 Å². The molecule has 4 rings (SSSR count). The van der Waals surface area contributed by atoms with E-state index in [4.69, 9.17) is 22.1 Å². The molecule has 2 N–H and O–H groups in total. The Balaban J connectivity index is 1.65. The Kier molecular flexibility index (Phi) is 5.41. The smallest absolute Gasteiger partial charge is 0.319 e. The maximum Gasteiger partial charge on any atom is 0.319 e. The van der Waals surface area contributed by atoms with Crippen molar-refractivity contribution in [3.8, 4) is 11.4 Å². The van der Waals surface area contributed by atoms with Crippen LogP contribution in [0.25, 0.3) is 5.69 Å². The Morgan fingerprint density at radius 2 is 1.97 bits per heavy atom. The second-order valence-electron chi connectivity index (χ2n) is 7.18. The van der Waals surface area contributed by atoms with E-state index in [1.54, 1.807) is 25.1 Å². The number of aromatic nitrogens is 1. The van der Waals surface area contributed by atoms with E-state index in [9.17, 15) is 18.4 Å². The number of nitrogens with two attached hydrogens (primary N) is 1. The topological polar surface area (TPSA) is 77.6 Å². The molecule has 0 spiro atoms. The van der Waals surface area contributed by atoms with Crippen molar-refractivity contribution >= 4 is 23.3 Å². The zero-order valence-corrected chi connectivity index (χ0v) is 17.2. The summed E-state index contributed by atoms with van der Waals surface area (Å²) < 4.78 is 33.9. The number of aryl methyl sites for hydroxylation is 1. The van der Waals surface area contributed by atoms with E-state index in [2.05, 4.69) is 0 Å². The first-order chi connectivity index (χ1) is 14.8. The number of hydrogen-bond acceptors (Lipinski definition) is 3. The van der Waals surface area contributed by atoms with Crippen LogP contribution < -0.4 is 20.9 Å². The number of primary amides is 1. The highest BCUT2D eigenvalue weighted by atomic mass is 35.5. The predicted molar refractivity (Wildman–Crippen MR) is 113 cm³/mol. The third kappa shape index (κ3) is 3.86. The zero-order valence-electron chi connectivity index (χ0n) is 16.5. The van der Waals surface area contributed by atoms with Crippen molar-refractivity contribution in [1.29, 1.82) is 0 Å². The van der Waals surface area contributed by atoms with Gasteiger partial charge in [0.2, 0.25) is 0 Å². The van der Waals surface area contributed by atoms with Crippen LogP contribution in [0.3, 0.4) is 0 Å². The molecule has 0 bridgehead atoms. The molecule has 0 saturated heterocycles. The van der Waals surface area contributed by atoms with Crippen LogP contribution in [0.2, 0.25) is 5.02 Å². The molecule has 0 aliphatic carbocycles. The number of anilines is 1. The van der Waals surface area contributed by atoms with Crippen LogP contribution >= 0.6 is 11.6 Å². The van der Waals surface area contributed by atoms with Crippen molar-refractivity contribution in [2.75, 3.05) is 11.4 Å². The van der Waals surface area contributed by atoms with Gasteiger partial charge in [-0.25, -0.2) is 13.6 Å². The maximum atomic E-state index is 13.8. The molecular formula is C22H18ClF2N3O3. The number of urea groups is 1. The molecule has 3 aromatic rings. The molecule has 2 heterocycles. The number of benzene rings is 2. The average molecular weight is 446 g/mol. The fourth-order valence-electron chi connectivity index (χ4n) is 3.66. The van der Waals surface area contributed by atoms with Gasteiger partial charge in [-0.15, -0.1) is 0 Å². The number of fused-ring (bicyclic) bond motifs is 1. The molecule has 0 atom stereocenters. The van der Waals surface area contributed by atoms with Crippen molar-refractivity contribution in [3.05, 3.63) is 86.3 Å². The lowest BCUT2D eigenvalue weighted by Crippen LogP contribution is -2.33. The van der Waals surface area contributed by atoms with Gasteiger partial charge >= 0.3 is 6.03 Å². The third-order valence-corrected chi connectivity index (χ3v) is 5.53. The molecule has 0 saturated carbocycles. The summed E-state index contributed by atoms with van der Waals surface area (Å²) in [5, 5.41) is -0.160. The molecule has 160 valence electrons. The number of ether oxygens (including phenoxy) is 1. The van der Waals surface area contributed by atoms with E-state index in [0.717, 1.165) is 17.7 Å². The van der Waals surface area contributed by atoms with Gasteiger partial charge in [0.1, 0.15) is 29.0 Å². The highest BCUT2D eigenvalue weighted by molar-refractivity contribution is 6.31. The summed E-state index contributed by atoms with van der Waals surface area (Å²) in [7, 11) is 0. The number of carbonyl (C=O) groups excluding carboxylic acids is 1. The van der Waals surface area contributed by atoms with Crippen LogP contribution in [0.4, 0.5) is 19.3 Å². The lowest BCUT2D eigenvalue weighted by atomic mass is 10.1. The van der Waals surface area contributed by atoms with Gasteiger partial charge in [-0.3, -0.25) is 14.3 Å². The summed E-state index contributed by atoms with van der Waals surface area (Å²) in [5.41, 5.74) is 7.78. The summed E-state index contributed by atoms with van der Waals surface area (Å²) in [6.45, 7) is 1.98. The van der Waals surface area contributed by atoms with Gasteiger partial charge < -0.3 is 10.5 Å². The van der Waals surface area contributed by atoms with Crippen molar-refractivity contribution in [1.82, 2.24) is 4.57 Å². The van der Waals surface area contributed by atoms with E-state index in [1.165, 1.54) is 15.5 Å². The van der Waals surface area contributed by atoms with Crippen molar-refractivity contribution < 1.29 is 18.3 Å². The van der Waals surface area contributed by atoms with Gasteiger partial charge in [-0.1, -0.05) is 11.6 Å². The summed E-state index contributed by atoms with van der Waals surface area (Å²) in [6.07, 6.45) is 0.623. The lowest BCUT2D eigenvalue weighted by Gasteiger charge is -2.17. The quantitative estimate of drug-likeness (QED) is 0.656. The van der Waals surface area contributed by atoms with Gasteiger partial charge in [0, 0.05) is 41.3 Å². The predicted octanol–water partition coefficient (Wildman–Crippen LogP) is 4.10. The standard InChI is InChI=1S/C22H18ClF2N3O3/c1-12-8-19(31-11-14-2-3-15(24)10-17(14)25)20(23)21(29)28(12)16-4-5-18-13(9-16)6-7-27(18)22(26)30/h2-5,8-10H,6-7,11H2,1H3,(H2,26,30). The fraction of sp³-hybridized carbons (Fsp3) is 0.182. The SMILES string of the molecule is Cc1cc(OCc2ccc(F)cc2F)c(Cl)c(=O)n1-c1ccc2c(c1)CCN2C(N)=O. The van der Waals surface area contributed by atoms with E-state index in [1.807, 2.05) is 6.07 Å². The van der Waals surface area contributed by atoms with Gasteiger partial charge in [-0.05, 0) is 49.2 Å². The number of carbonyl (C=O) groups is 1. The number of amides is 2. The Morgan fingerprint density at radius 1 is 1.19 bits per heavy atom. The van der Waals surface area contributed by atoms with E-state index in [0.29, 0.717) is 30.0 Å².